The van der Waals surface area contributed by atoms with E-state index in [1.807, 2.05) is 37.3 Å². The monoisotopic (exact) mass is 471 g/mol. The van der Waals surface area contributed by atoms with Crippen LogP contribution in [0.3, 0.4) is 0 Å². The Bertz CT molecular complexity index is 1350. The first-order chi connectivity index (χ1) is 17.1. The van der Waals surface area contributed by atoms with Crippen molar-refractivity contribution in [1.82, 2.24) is 20.3 Å². The van der Waals surface area contributed by atoms with E-state index in [-0.39, 0.29) is 20.6 Å². The van der Waals surface area contributed by atoms with Gasteiger partial charge in [0.2, 0.25) is 5.91 Å². The van der Waals surface area contributed by atoms with E-state index in [1.54, 1.807) is 18.3 Å². The number of hydrogen-bond donors (Lipinski definition) is 2. The van der Waals surface area contributed by atoms with E-state index in [1.165, 1.54) is 0 Å². The summed E-state index contributed by atoms with van der Waals surface area (Å²) in [6.07, 6.45) is 4.53. The van der Waals surface area contributed by atoms with Crippen LogP contribution in [0.4, 0.5) is 5.82 Å². The zero-order chi connectivity index (χ0) is 24.2. The Morgan fingerprint density at radius 2 is 1.89 bits per heavy atom. The SMILES string of the molecule is Cc1ccc2c(N3CCC(NC(=O)CCc4ccccn4)CC3)nc(-c3ccccc3O)nc2c1.[HH].[HH]. The fourth-order valence-electron chi connectivity index (χ4n) is 4.57. The van der Waals surface area contributed by atoms with Gasteiger partial charge in [-0.2, -0.15) is 0 Å². The Balaban J connectivity index is 0.00000190. The number of aromatic nitrogens is 3. The molecule has 0 bridgehead atoms. The molecule has 5 rings (SSSR count). The van der Waals surface area contributed by atoms with E-state index in [9.17, 15) is 9.90 Å². The Kier molecular flexibility index (Phi) is 6.57. The topological polar surface area (TPSA) is 91.2 Å². The Morgan fingerprint density at radius 3 is 2.66 bits per heavy atom. The van der Waals surface area contributed by atoms with Crippen molar-refractivity contribution in [3.8, 4) is 17.1 Å². The van der Waals surface area contributed by atoms with E-state index >= 15 is 0 Å². The number of carbonyl (C=O) groups is 1. The van der Waals surface area contributed by atoms with E-state index in [0.717, 1.165) is 53.9 Å². The molecule has 2 N–H and O–H groups in total. The minimum atomic E-state index is 0. The highest BCUT2D eigenvalue weighted by atomic mass is 16.3. The number of nitrogens with zero attached hydrogens (tertiary/aromatic N) is 4. The Labute approximate surface area is 207 Å². The number of para-hydroxylation sites is 1. The molecule has 35 heavy (non-hydrogen) atoms. The molecule has 0 unspecified atom stereocenters. The maximum atomic E-state index is 12.5. The molecule has 182 valence electrons. The van der Waals surface area contributed by atoms with Crippen molar-refractivity contribution in [3.05, 3.63) is 78.1 Å². The van der Waals surface area contributed by atoms with Gasteiger partial charge in [-0.25, -0.2) is 9.97 Å². The first-order valence-electron chi connectivity index (χ1n) is 12.1. The van der Waals surface area contributed by atoms with Gasteiger partial charge >= 0.3 is 0 Å². The molecule has 2 aromatic carbocycles. The van der Waals surface area contributed by atoms with Crippen LogP contribution in [-0.2, 0) is 11.2 Å². The van der Waals surface area contributed by atoms with Crippen LogP contribution in [0.25, 0.3) is 22.3 Å². The molecule has 3 heterocycles. The van der Waals surface area contributed by atoms with Crippen molar-refractivity contribution in [2.24, 2.45) is 0 Å². The Hall–Kier alpha value is -4.00. The minimum absolute atomic E-state index is 0. The third-order valence-electron chi connectivity index (χ3n) is 6.47. The predicted molar refractivity (Wildman–Crippen MR) is 142 cm³/mol. The minimum Gasteiger partial charge on any atom is -0.507 e. The summed E-state index contributed by atoms with van der Waals surface area (Å²) in [6, 6.07) is 19.3. The molecule has 1 aliphatic heterocycles. The van der Waals surface area contributed by atoms with Gasteiger partial charge in [-0.3, -0.25) is 9.78 Å². The molecule has 4 aromatic rings. The smallest absolute Gasteiger partial charge is 0.220 e. The van der Waals surface area contributed by atoms with Crippen LogP contribution in [-0.4, -0.2) is 45.1 Å². The van der Waals surface area contributed by atoms with E-state index in [4.69, 9.17) is 9.97 Å². The van der Waals surface area contributed by atoms with E-state index in [2.05, 4.69) is 33.4 Å². The molecule has 0 radical (unpaired) electrons. The van der Waals surface area contributed by atoms with Crippen LogP contribution in [0.15, 0.2) is 66.9 Å². The van der Waals surface area contributed by atoms with Crippen LogP contribution in [0, 0.1) is 6.92 Å². The molecule has 7 heteroatoms. The van der Waals surface area contributed by atoms with Gasteiger partial charge in [-0.05, 0) is 68.1 Å². The number of nitrogens with one attached hydrogen (secondary N) is 1. The molecular formula is C28H33N5O2. The molecule has 0 saturated carbocycles. The highest BCUT2D eigenvalue weighted by Crippen LogP contribution is 2.33. The highest BCUT2D eigenvalue weighted by Gasteiger charge is 2.24. The largest absolute Gasteiger partial charge is 0.507 e. The first kappa shape index (κ1) is 22.8. The van der Waals surface area contributed by atoms with Crippen LogP contribution in [0.5, 0.6) is 5.75 Å². The van der Waals surface area contributed by atoms with Crippen molar-refractivity contribution in [2.45, 2.75) is 38.6 Å². The lowest BCUT2D eigenvalue weighted by Crippen LogP contribution is -2.45. The standard InChI is InChI=1S/C28H29N5O2.2H2/c1-19-9-11-22-24(18-19)31-27(23-7-2-3-8-25(23)34)32-28(22)33-16-13-21(14-17-33)30-26(35)12-10-20-6-4-5-15-29-20;;/h2-9,11,15,18,21,34H,10,12-14,16-17H2,1H3,(H,30,35);2*1H. The molecule has 0 atom stereocenters. The van der Waals surface area contributed by atoms with Gasteiger partial charge in [-0.15, -0.1) is 0 Å². The number of rotatable bonds is 6. The molecule has 0 spiro atoms. The van der Waals surface area contributed by atoms with Gasteiger partial charge in [0.25, 0.3) is 0 Å². The summed E-state index contributed by atoms with van der Waals surface area (Å²) in [6.45, 7) is 3.61. The average Bonchev–Trinajstić information content (AvgIpc) is 2.88. The van der Waals surface area contributed by atoms with Gasteiger partial charge in [0, 0.05) is 45.7 Å². The summed E-state index contributed by atoms with van der Waals surface area (Å²) in [4.78, 5) is 28.7. The number of phenolic OH excluding ortho intramolecular Hbond substituents is 1. The van der Waals surface area contributed by atoms with E-state index < -0.39 is 0 Å². The second-order valence-electron chi connectivity index (χ2n) is 9.06. The molecule has 1 fully saturated rings. The quantitative estimate of drug-likeness (QED) is 0.415. The molecule has 2 aromatic heterocycles. The number of hydrogen-bond acceptors (Lipinski definition) is 6. The molecule has 7 nitrogen and oxygen atoms in total. The number of pyridine rings is 1. The Morgan fingerprint density at radius 1 is 1.09 bits per heavy atom. The highest BCUT2D eigenvalue weighted by molar-refractivity contribution is 5.92. The molecule has 0 aliphatic carbocycles. The lowest BCUT2D eigenvalue weighted by molar-refractivity contribution is -0.121. The second-order valence-corrected chi connectivity index (χ2v) is 9.06. The maximum absolute atomic E-state index is 12.5. The van der Waals surface area contributed by atoms with Crippen LogP contribution < -0.4 is 10.2 Å². The number of aryl methyl sites for hydroxylation is 2. The zero-order valence-electron chi connectivity index (χ0n) is 19.8. The number of aromatic hydroxyl groups is 1. The summed E-state index contributed by atoms with van der Waals surface area (Å²) in [7, 11) is 0. The van der Waals surface area contributed by atoms with Crippen LogP contribution in [0.1, 0.15) is 33.4 Å². The van der Waals surface area contributed by atoms with Crippen molar-refractivity contribution < 1.29 is 12.8 Å². The zero-order valence-corrected chi connectivity index (χ0v) is 19.8. The summed E-state index contributed by atoms with van der Waals surface area (Å²) in [5, 5.41) is 14.6. The van der Waals surface area contributed by atoms with E-state index in [0.29, 0.717) is 24.2 Å². The van der Waals surface area contributed by atoms with Crippen molar-refractivity contribution in [1.29, 1.82) is 0 Å². The van der Waals surface area contributed by atoms with Gasteiger partial charge in [-0.1, -0.05) is 24.3 Å². The summed E-state index contributed by atoms with van der Waals surface area (Å²) in [5.41, 5.74) is 3.53. The molecule has 1 aliphatic rings. The summed E-state index contributed by atoms with van der Waals surface area (Å²) < 4.78 is 0. The van der Waals surface area contributed by atoms with Crippen LogP contribution >= 0.6 is 0 Å². The van der Waals surface area contributed by atoms with Crippen molar-refractivity contribution >= 4 is 22.6 Å². The van der Waals surface area contributed by atoms with Gasteiger partial charge in [0.1, 0.15) is 11.6 Å². The fraction of sp³-hybridized carbons (Fsp3) is 0.286. The summed E-state index contributed by atoms with van der Waals surface area (Å²) >= 11 is 0. The lowest BCUT2D eigenvalue weighted by atomic mass is 10.0. The number of anilines is 1. The predicted octanol–water partition coefficient (Wildman–Crippen LogP) is 4.92. The number of fused-ring (bicyclic) bond motifs is 1. The number of phenols is 1. The van der Waals surface area contributed by atoms with Crippen molar-refractivity contribution in [3.63, 3.8) is 0 Å². The fourth-order valence-corrected chi connectivity index (χ4v) is 4.57. The van der Waals surface area contributed by atoms with Gasteiger partial charge < -0.3 is 15.3 Å². The van der Waals surface area contributed by atoms with Crippen molar-refractivity contribution in [2.75, 3.05) is 18.0 Å². The normalized spacial score (nSPS) is 14.3. The number of benzene rings is 2. The third kappa shape index (κ3) is 5.24. The second kappa shape index (κ2) is 10.1. The molecular weight excluding hydrogens is 438 g/mol. The average molecular weight is 472 g/mol. The third-order valence-corrected chi connectivity index (χ3v) is 6.47. The lowest BCUT2D eigenvalue weighted by Gasteiger charge is -2.34. The molecule has 1 saturated heterocycles. The summed E-state index contributed by atoms with van der Waals surface area (Å²) in [5.74, 6) is 1.62. The van der Waals surface area contributed by atoms with Gasteiger partial charge in [0.05, 0.1) is 11.1 Å². The number of amides is 1. The first-order valence-corrected chi connectivity index (χ1v) is 12.1. The molecule has 1 amide bonds. The maximum Gasteiger partial charge on any atom is 0.220 e. The number of piperidine rings is 1. The van der Waals surface area contributed by atoms with Gasteiger partial charge in [0.15, 0.2) is 5.82 Å². The number of carbonyl (C=O) groups excluding carboxylic acids is 1. The van der Waals surface area contributed by atoms with Crippen LogP contribution in [0.2, 0.25) is 0 Å².